The minimum absolute atomic E-state index is 0.194. The van der Waals surface area contributed by atoms with E-state index in [1.165, 1.54) is 17.7 Å². The molecule has 0 heterocycles. The summed E-state index contributed by atoms with van der Waals surface area (Å²) in [5.41, 5.74) is 2.33. The molecule has 7 heteroatoms. The van der Waals surface area contributed by atoms with Crippen molar-refractivity contribution in [2.24, 2.45) is 0 Å². The van der Waals surface area contributed by atoms with E-state index in [0.717, 1.165) is 30.8 Å². The summed E-state index contributed by atoms with van der Waals surface area (Å²) in [6.07, 6.45) is 0.943. The molecule has 0 aromatic heterocycles. The molecule has 0 radical (unpaired) electrons. The Labute approximate surface area is 144 Å². The van der Waals surface area contributed by atoms with Crippen LogP contribution in [0.25, 0.3) is 0 Å². The van der Waals surface area contributed by atoms with Crippen LogP contribution in [0.4, 0.5) is 4.39 Å². The van der Waals surface area contributed by atoms with Crippen LogP contribution in [0.3, 0.4) is 0 Å². The quantitative estimate of drug-likeness (QED) is 0.547. The summed E-state index contributed by atoms with van der Waals surface area (Å²) >= 11 is 0. The number of rotatable bonds is 6. The molecule has 6 nitrogen and oxygen atoms in total. The lowest BCUT2D eigenvalue weighted by atomic mass is 10.1. The van der Waals surface area contributed by atoms with E-state index in [0.29, 0.717) is 0 Å². The van der Waals surface area contributed by atoms with Crippen LogP contribution in [0.5, 0.6) is 5.75 Å². The normalized spacial score (nSPS) is 9.68. The van der Waals surface area contributed by atoms with Crippen LogP contribution in [-0.4, -0.2) is 35.8 Å². The van der Waals surface area contributed by atoms with Crippen LogP contribution in [0, 0.1) is 5.82 Å². The highest BCUT2D eigenvalue weighted by Crippen LogP contribution is 2.12. The number of hydrogen-bond acceptors (Lipinski definition) is 4. The highest BCUT2D eigenvalue weighted by Gasteiger charge is 2.04. The summed E-state index contributed by atoms with van der Waals surface area (Å²) < 4.78 is 17.9. The van der Waals surface area contributed by atoms with E-state index in [1.807, 2.05) is 18.2 Å². The van der Waals surface area contributed by atoms with Gasteiger partial charge in [0.2, 0.25) is 0 Å². The maximum absolute atomic E-state index is 12.7. The van der Waals surface area contributed by atoms with Crippen LogP contribution >= 0.6 is 0 Å². The molecule has 0 fully saturated rings. The van der Waals surface area contributed by atoms with Crippen molar-refractivity contribution in [3.8, 4) is 5.75 Å². The maximum atomic E-state index is 12.7. The molecular weight excluding hydrogens is 329 g/mol. The number of methoxy groups -OCH3 is 1. The molecule has 0 aliphatic carbocycles. The fraction of sp³-hybridized carbons (Fsp3) is 0.222. The number of halogens is 1. The predicted octanol–water partition coefficient (Wildman–Crippen LogP) is 2.32. The highest BCUT2D eigenvalue weighted by molar-refractivity contribution is 6.27. The zero-order valence-corrected chi connectivity index (χ0v) is 13.7. The Hall–Kier alpha value is -2.93. The van der Waals surface area contributed by atoms with Gasteiger partial charge in [0, 0.05) is 6.54 Å². The van der Waals surface area contributed by atoms with Gasteiger partial charge in [0.15, 0.2) is 0 Å². The molecule has 2 rings (SSSR count). The van der Waals surface area contributed by atoms with Gasteiger partial charge in [-0.2, -0.15) is 0 Å². The molecule has 2 aromatic carbocycles. The highest BCUT2D eigenvalue weighted by atomic mass is 19.1. The summed E-state index contributed by atoms with van der Waals surface area (Å²) in [7, 11) is 1.67. The van der Waals surface area contributed by atoms with Gasteiger partial charge < -0.3 is 20.3 Å². The molecule has 0 aliphatic rings. The Balaban J connectivity index is 0.000000450. The van der Waals surface area contributed by atoms with E-state index < -0.39 is 11.9 Å². The van der Waals surface area contributed by atoms with E-state index in [-0.39, 0.29) is 5.82 Å². The second kappa shape index (κ2) is 10.8. The predicted molar refractivity (Wildman–Crippen MR) is 90.1 cm³/mol. The number of carboxylic acid groups (broad SMARTS) is 2. The van der Waals surface area contributed by atoms with Gasteiger partial charge in [-0.3, -0.25) is 0 Å². The standard InChI is InChI=1S/C16H18FNO.C2H2O4/c1-19-16-4-2-3-13(11-16)9-10-18-12-14-5-7-15(17)8-6-14;3-1(4)2(5)6/h2-8,11,18H,9-10,12H2,1H3;(H,3,4)(H,5,6). The lowest BCUT2D eigenvalue weighted by Crippen LogP contribution is -2.16. The summed E-state index contributed by atoms with van der Waals surface area (Å²) in [4.78, 5) is 18.2. The van der Waals surface area contributed by atoms with Crippen LogP contribution in [-0.2, 0) is 22.6 Å². The molecule has 0 spiro atoms. The first-order chi connectivity index (χ1) is 11.9. The van der Waals surface area contributed by atoms with Gasteiger partial charge in [-0.1, -0.05) is 24.3 Å². The minimum atomic E-state index is -1.82. The van der Waals surface area contributed by atoms with E-state index in [4.69, 9.17) is 24.5 Å². The molecule has 25 heavy (non-hydrogen) atoms. The SMILES string of the molecule is COc1cccc(CCNCc2ccc(F)cc2)c1.O=C(O)C(=O)O. The van der Waals surface area contributed by atoms with Crippen LogP contribution < -0.4 is 10.1 Å². The molecule has 0 aliphatic heterocycles. The van der Waals surface area contributed by atoms with Gasteiger partial charge in [0.1, 0.15) is 11.6 Å². The zero-order chi connectivity index (χ0) is 18.7. The van der Waals surface area contributed by atoms with Crippen molar-refractivity contribution in [3.63, 3.8) is 0 Å². The fourth-order valence-corrected chi connectivity index (χ4v) is 1.90. The lowest BCUT2D eigenvalue weighted by molar-refractivity contribution is -0.159. The molecule has 0 saturated carbocycles. The third kappa shape index (κ3) is 8.47. The van der Waals surface area contributed by atoms with Crippen LogP contribution in [0.2, 0.25) is 0 Å². The molecule has 0 bridgehead atoms. The molecule has 3 N–H and O–H groups in total. The third-order valence-electron chi connectivity index (χ3n) is 3.15. The maximum Gasteiger partial charge on any atom is 0.414 e. The van der Waals surface area contributed by atoms with Gasteiger partial charge in [-0.15, -0.1) is 0 Å². The third-order valence-corrected chi connectivity index (χ3v) is 3.15. The topological polar surface area (TPSA) is 95.9 Å². The summed E-state index contributed by atoms with van der Waals surface area (Å²) in [6, 6.07) is 14.6. The Kier molecular flexibility index (Phi) is 8.67. The first-order valence-electron chi connectivity index (χ1n) is 7.46. The van der Waals surface area contributed by atoms with Crippen molar-refractivity contribution in [2.45, 2.75) is 13.0 Å². The largest absolute Gasteiger partial charge is 0.497 e. The first-order valence-corrected chi connectivity index (χ1v) is 7.46. The number of benzene rings is 2. The summed E-state index contributed by atoms with van der Waals surface area (Å²) in [5.74, 6) is -2.96. The van der Waals surface area contributed by atoms with Crippen LogP contribution in [0.15, 0.2) is 48.5 Å². The molecule has 134 valence electrons. The first kappa shape index (κ1) is 20.1. The van der Waals surface area contributed by atoms with E-state index in [1.54, 1.807) is 19.2 Å². The van der Waals surface area contributed by atoms with Gasteiger partial charge in [0.05, 0.1) is 7.11 Å². The Bertz CT molecular complexity index is 676. The van der Waals surface area contributed by atoms with Gasteiger partial charge in [0.25, 0.3) is 0 Å². The smallest absolute Gasteiger partial charge is 0.414 e. The molecule has 0 atom stereocenters. The van der Waals surface area contributed by atoms with Crippen molar-refractivity contribution in [1.82, 2.24) is 5.32 Å². The fourth-order valence-electron chi connectivity index (χ4n) is 1.90. The Morgan fingerprint density at radius 2 is 1.68 bits per heavy atom. The Morgan fingerprint density at radius 1 is 1.04 bits per heavy atom. The number of hydrogen-bond donors (Lipinski definition) is 3. The average molecular weight is 349 g/mol. The number of carbonyl (C=O) groups is 2. The van der Waals surface area contributed by atoms with Crippen molar-refractivity contribution in [3.05, 3.63) is 65.5 Å². The molecule has 2 aromatic rings. The van der Waals surface area contributed by atoms with Gasteiger partial charge in [-0.25, -0.2) is 14.0 Å². The van der Waals surface area contributed by atoms with Crippen molar-refractivity contribution >= 4 is 11.9 Å². The molecule has 0 saturated heterocycles. The van der Waals surface area contributed by atoms with E-state index in [9.17, 15) is 4.39 Å². The van der Waals surface area contributed by atoms with Crippen molar-refractivity contribution < 1.29 is 28.9 Å². The Morgan fingerprint density at radius 3 is 2.24 bits per heavy atom. The van der Waals surface area contributed by atoms with E-state index >= 15 is 0 Å². The zero-order valence-electron chi connectivity index (χ0n) is 13.7. The molecular formula is C18H20FNO5. The monoisotopic (exact) mass is 349 g/mol. The summed E-state index contributed by atoms with van der Waals surface area (Å²) in [5, 5.41) is 18.1. The second-order valence-corrected chi connectivity index (χ2v) is 5.02. The molecule has 0 amide bonds. The summed E-state index contributed by atoms with van der Waals surface area (Å²) in [6.45, 7) is 1.63. The number of aliphatic carboxylic acids is 2. The van der Waals surface area contributed by atoms with Crippen molar-refractivity contribution in [2.75, 3.05) is 13.7 Å². The van der Waals surface area contributed by atoms with Crippen molar-refractivity contribution in [1.29, 1.82) is 0 Å². The number of carboxylic acids is 2. The van der Waals surface area contributed by atoms with Gasteiger partial charge in [-0.05, 0) is 48.4 Å². The van der Waals surface area contributed by atoms with Crippen LogP contribution in [0.1, 0.15) is 11.1 Å². The molecule has 0 unspecified atom stereocenters. The van der Waals surface area contributed by atoms with Gasteiger partial charge >= 0.3 is 11.9 Å². The number of nitrogens with one attached hydrogen (secondary N) is 1. The second-order valence-electron chi connectivity index (χ2n) is 5.02. The average Bonchev–Trinajstić information content (AvgIpc) is 2.61. The minimum Gasteiger partial charge on any atom is -0.497 e. The number of ether oxygens (including phenoxy) is 1. The van der Waals surface area contributed by atoms with E-state index in [2.05, 4.69) is 11.4 Å². The lowest BCUT2D eigenvalue weighted by Gasteiger charge is -2.06.